The van der Waals surface area contributed by atoms with Crippen molar-refractivity contribution >= 4 is 5.82 Å². The van der Waals surface area contributed by atoms with Crippen molar-refractivity contribution in [1.29, 1.82) is 0 Å². The summed E-state index contributed by atoms with van der Waals surface area (Å²) in [5.74, 6) is 0.839. The van der Waals surface area contributed by atoms with Crippen molar-refractivity contribution in [2.24, 2.45) is 0 Å². The average Bonchev–Trinajstić information content (AvgIpc) is 2.40. The minimum Gasteiger partial charge on any atom is -0.370 e. The first kappa shape index (κ1) is 12.3. The van der Waals surface area contributed by atoms with Crippen molar-refractivity contribution in [3.63, 3.8) is 0 Å². The molecular formula is C13H16N4O. The highest BCUT2D eigenvalue weighted by Crippen LogP contribution is 2.07. The van der Waals surface area contributed by atoms with E-state index in [4.69, 9.17) is 0 Å². The summed E-state index contributed by atoms with van der Waals surface area (Å²) in [6, 6.07) is 5.31. The van der Waals surface area contributed by atoms with Gasteiger partial charge in [0, 0.05) is 25.0 Å². The van der Waals surface area contributed by atoms with Gasteiger partial charge in [-0.2, -0.15) is 0 Å². The van der Waals surface area contributed by atoms with E-state index in [1.165, 1.54) is 12.3 Å². The fourth-order valence-corrected chi connectivity index (χ4v) is 1.62. The smallest absolute Gasteiger partial charge is 0.253 e. The van der Waals surface area contributed by atoms with Crippen molar-refractivity contribution in [2.45, 2.75) is 19.9 Å². The summed E-state index contributed by atoms with van der Waals surface area (Å²) >= 11 is 0. The molecule has 0 radical (unpaired) electrons. The molecule has 0 atom stereocenters. The summed E-state index contributed by atoms with van der Waals surface area (Å²) in [5, 5.41) is 3.22. The van der Waals surface area contributed by atoms with E-state index in [9.17, 15) is 4.79 Å². The first-order chi connectivity index (χ1) is 8.79. The standard InChI is InChI=1S/C13H16N4O/c1-2-5-15-12-8-11(3-7-16-12)9-17-10-14-6-4-13(17)18/h3-4,6-8,10H,2,5,9H2,1H3,(H,15,16). The van der Waals surface area contributed by atoms with Gasteiger partial charge < -0.3 is 5.32 Å². The predicted molar refractivity (Wildman–Crippen MR) is 70.6 cm³/mol. The Morgan fingerprint density at radius 1 is 1.33 bits per heavy atom. The zero-order chi connectivity index (χ0) is 12.8. The molecule has 18 heavy (non-hydrogen) atoms. The van der Waals surface area contributed by atoms with Crippen LogP contribution in [-0.4, -0.2) is 21.1 Å². The monoisotopic (exact) mass is 244 g/mol. The topological polar surface area (TPSA) is 59.8 Å². The van der Waals surface area contributed by atoms with E-state index >= 15 is 0 Å². The average molecular weight is 244 g/mol. The molecule has 5 heteroatoms. The lowest BCUT2D eigenvalue weighted by atomic mass is 10.2. The Morgan fingerprint density at radius 2 is 2.22 bits per heavy atom. The first-order valence-electron chi connectivity index (χ1n) is 5.99. The van der Waals surface area contributed by atoms with E-state index in [1.54, 1.807) is 17.1 Å². The molecule has 2 aromatic rings. The highest BCUT2D eigenvalue weighted by molar-refractivity contribution is 5.37. The molecule has 0 spiro atoms. The molecule has 0 aliphatic carbocycles. The third kappa shape index (κ3) is 3.16. The second-order valence-corrected chi connectivity index (χ2v) is 4.02. The molecule has 2 heterocycles. The van der Waals surface area contributed by atoms with E-state index in [0.29, 0.717) is 6.54 Å². The minimum atomic E-state index is -0.0510. The Morgan fingerprint density at radius 3 is 3.00 bits per heavy atom. The second kappa shape index (κ2) is 5.95. The highest BCUT2D eigenvalue weighted by atomic mass is 16.1. The van der Waals surface area contributed by atoms with E-state index in [-0.39, 0.29) is 5.56 Å². The van der Waals surface area contributed by atoms with Crippen LogP contribution in [0.5, 0.6) is 0 Å². The fraction of sp³-hybridized carbons (Fsp3) is 0.308. The fourth-order valence-electron chi connectivity index (χ4n) is 1.62. The van der Waals surface area contributed by atoms with Crippen molar-refractivity contribution in [3.8, 4) is 0 Å². The summed E-state index contributed by atoms with van der Waals surface area (Å²) in [6.45, 7) is 3.51. The first-order valence-corrected chi connectivity index (χ1v) is 5.99. The lowest BCUT2D eigenvalue weighted by Gasteiger charge is -2.07. The maximum atomic E-state index is 11.6. The summed E-state index contributed by atoms with van der Waals surface area (Å²) < 4.78 is 1.57. The SMILES string of the molecule is CCCNc1cc(Cn2cnccc2=O)ccn1. The minimum absolute atomic E-state index is 0.0510. The summed E-state index contributed by atoms with van der Waals surface area (Å²) in [7, 11) is 0. The molecule has 0 saturated heterocycles. The van der Waals surface area contributed by atoms with E-state index in [0.717, 1.165) is 24.3 Å². The number of rotatable bonds is 5. The van der Waals surface area contributed by atoms with Crippen LogP contribution >= 0.6 is 0 Å². The van der Waals surface area contributed by atoms with Crippen LogP contribution in [0.4, 0.5) is 5.82 Å². The van der Waals surface area contributed by atoms with E-state index in [1.807, 2.05) is 12.1 Å². The van der Waals surface area contributed by atoms with E-state index < -0.39 is 0 Å². The van der Waals surface area contributed by atoms with Gasteiger partial charge in [-0.3, -0.25) is 9.36 Å². The molecule has 2 aromatic heterocycles. The molecule has 0 saturated carbocycles. The summed E-state index contributed by atoms with van der Waals surface area (Å²) in [4.78, 5) is 19.7. The van der Waals surface area contributed by atoms with Crippen molar-refractivity contribution < 1.29 is 0 Å². The van der Waals surface area contributed by atoms with Crippen LogP contribution in [0.15, 0.2) is 41.7 Å². The second-order valence-electron chi connectivity index (χ2n) is 4.02. The lowest BCUT2D eigenvalue weighted by molar-refractivity contribution is 0.735. The number of nitrogens with one attached hydrogen (secondary N) is 1. The van der Waals surface area contributed by atoms with Gasteiger partial charge in [-0.15, -0.1) is 0 Å². The molecule has 0 aliphatic rings. The Hall–Kier alpha value is -2.17. The van der Waals surface area contributed by atoms with Gasteiger partial charge in [0.2, 0.25) is 0 Å². The number of anilines is 1. The maximum Gasteiger partial charge on any atom is 0.253 e. The molecular weight excluding hydrogens is 228 g/mol. The molecule has 2 rings (SSSR count). The zero-order valence-electron chi connectivity index (χ0n) is 10.3. The van der Waals surface area contributed by atoms with Gasteiger partial charge in [0.05, 0.1) is 12.9 Å². The Labute approximate surface area is 106 Å². The molecule has 94 valence electrons. The summed E-state index contributed by atoms with van der Waals surface area (Å²) in [6.07, 6.45) is 5.84. The van der Waals surface area contributed by atoms with Crippen LogP contribution in [0.1, 0.15) is 18.9 Å². The normalized spacial score (nSPS) is 10.3. The molecule has 0 fully saturated rings. The largest absolute Gasteiger partial charge is 0.370 e. The Bertz CT molecular complexity index is 565. The van der Waals surface area contributed by atoms with Crippen LogP contribution < -0.4 is 10.9 Å². The van der Waals surface area contributed by atoms with E-state index in [2.05, 4.69) is 22.2 Å². The van der Waals surface area contributed by atoms with Crippen LogP contribution in [0.3, 0.4) is 0 Å². The number of aromatic nitrogens is 3. The van der Waals surface area contributed by atoms with Gasteiger partial charge in [-0.1, -0.05) is 6.92 Å². The van der Waals surface area contributed by atoms with Gasteiger partial charge in [0.25, 0.3) is 5.56 Å². The molecule has 1 N–H and O–H groups in total. The van der Waals surface area contributed by atoms with Crippen LogP contribution in [0.25, 0.3) is 0 Å². The molecule has 5 nitrogen and oxygen atoms in total. The Kier molecular flexibility index (Phi) is 4.06. The van der Waals surface area contributed by atoms with Crippen LogP contribution in [0, 0.1) is 0 Å². The molecule has 0 aliphatic heterocycles. The van der Waals surface area contributed by atoms with Gasteiger partial charge in [-0.25, -0.2) is 9.97 Å². The van der Waals surface area contributed by atoms with Crippen molar-refractivity contribution in [2.75, 3.05) is 11.9 Å². The van der Waals surface area contributed by atoms with Gasteiger partial charge >= 0.3 is 0 Å². The van der Waals surface area contributed by atoms with Crippen molar-refractivity contribution in [3.05, 3.63) is 52.8 Å². The van der Waals surface area contributed by atoms with Crippen LogP contribution in [-0.2, 0) is 6.54 Å². The Balaban J connectivity index is 2.14. The zero-order valence-corrected chi connectivity index (χ0v) is 10.3. The van der Waals surface area contributed by atoms with Gasteiger partial charge in [-0.05, 0) is 24.1 Å². The number of pyridine rings is 1. The quantitative estimate of drug-likeness (QED) is 0.866. The predicted octanol–water partition coefficient (Wildman–Crippen LogP) is 1.51. The van der Waals surface area contributed by atoms with Gasteiger partial charge in [0.15, 0.2) is 0 Å². The van der Waals surface area contributed by atoms with Gasteiger partial charge in [0.1, 0.15) is 5.82 Å². The maximum absolute atomic E-state index is 11.6. The molecule has 0 amide bonds. The highest BCUT2D eigenvalue weighted by Gasteiger charge is 1.99. The lowest BCUT2D eigenvalue weighted by Crippen LogP contribution is -2.19. The summed E-state index contributed by atoms with van der Waals surface area (Å²) in [5.41, 5.74) is 0.976. The molecule has 0 unspecified atom stereocenters. The number of nitrogens with zero attached hydrogens (tertiary/aromatic N) is 3. The molecule has 0 bridgehead atoms. The van der Waals surface area contributed by atoms with Crippen LogP contribution in [0.2, 0.25) is 0 Å². The third-order valence-electron chi connectivity index (χ3n) is 2.53. The third-order valence-corrected chi connectivity index (χ3v) is 2.53. The number of hydrogen-bond acceptors (Lipinski definition) is 4. The molecule has 0 aromatic carbocycles. The number of hydrogen-bond donors (Lipinski definition) is 1. The van der Waals surface area contributed by atoms with Crippen molar-refractivity contribution in [1.82, 2.24) is 14.5 Å².